The smallest absolute Gasteiger partial charge is 0.348 e. The molecule has 43 heavy (non-hydrogen) atoms. The van der Waals surface area contributed by atoms with Crippen molar-refractivity contribution in [3.63, 3.8) is 0 Å². The van der Waals surface area contributed by atoms with Crippen molar-refractivity contribution in [1.29, 1.82) is 0 Å². The van der Waals surface area contributed by atoms with Crippen LogP contribution in [0.5, 0.6) is 0 Å². The number of sulfonamides is 1. The molecule has 10 nitrogen and oxygen atoms in total. The summed E-state index contributed by atoms with van der Waals surface area (Å²) in [5.41, 5.74) is 1.19. The van der Waals surface area contributed by atoms with Gasteiger partial charge in [-0.2, -0.15) is 4.31 Å². The molecule has 3 aliphatic rings. The Balaban J connectivity index is 1.32. The van der Waals surface area contributed by atoms with Gasteiger partial charge < -0.3 is 20.0 Å². The molecule has 3 aromatic rings. The van der Waals surface area contributed by atoms with Crippen LogP contribution < -0.4 is 9.80 Å². The summed E-state index contributed by atoms with van der Waals surface area (Å²) in [5.74, 6) is -0.911. The van der Waals surface area contributed by atoms with E-state index in [9.17, 15) is 28.2 Å². The molecule has 1 saturated carbocycles. The van der Waals surface area contributed by atoms with Gasteiger partial charge in [0.05, 0.1) is 24.4 Å². The second kappa shape index (κ2) is 12.0. The quantitative estimate of drug-likeness (QED) is 0.394. The van der Waals surface area contributed by atoms with Crippen LogP contribution in [-0.2, 0) is 14.8 Å². The maximum atomic E-state index is 13.9. The number of aliphatic hydroxyl groups is 1. The maximum Gasteiger partial charge on any atom is 0.348 e. The van der Waals surface area contributed by atoms with E-state index < -0.39 is 40.6 Å². The Kier molecular flexibility index (Phi) is 8.29. The first-order valence-corrected chi connectivity index (χ1v) is 17.0. The predicted molar refractivity (Wildman–Crippen MR) is 165 cm³/mol. The summed E-state index contributed by atoms with van der Waals surface area (Å²) in [6, 6.07) is 14.0. The summed E-state index contributed by atoms with van der Waals surface area (Å²) in [7, 11) is -4.06. The fourth-order valence-electron chi connectivity index (χ4n) is 6.77. The number of hydrogen-bond donors (Lipinski definition) is 2. The molecule has 2 N–H and O–H groups in total. The molecule has 228 valence electrons. The Morgan fingerprint density at radius 3 is 2.42 bits per heavy atom. The zero-order valence-electron chi connectivity index (χ0n) is 24.0. The largest absolute Gasteiger partial charge is 0.477 e. The Morgan fingerprint density at radius 1 is 1.05 bits per heavy atom. The maximum absolute atomic E-state index is 13.9. The third kappa shape index (κ3) is 5.81. The highest BCUT2D eigenvalue weighted by atomic mass is 32.2. The van der Waals surface area contributed by atoms with E-state index >= 15 is 0 Å². The summed E-state index contributed by atoms with van der Waals surface area (Å²) < 4.78 is 29.0. The summed E-state index contributed by atoms with van der Waals surface area (Å²) in [6.07, 6.45) is 6.23. The zero-order chi connectivity index (χ0) is 30.3. The first kappa shape index (κ1) is 29.7. The van der Waals surface area contributed by atoms with Gasteiger partial charge in [0.25, 0.3) is 0 Å². The molecule has 1 aliphatic carbocycles. The van der Waals surface area contributed by atoms with E-state index in [0.29, 0.717) is 24.5 Å². The van der Waals surface area contributed by atoms with Gasteiger partial charge in [-0.3, -0.25) is 4.79 Å². The summed E-state index contributed by atoms with van der Waals surface area (Å²) in [5, 5.41) is 20.2. The van der Waals surface area contributed by atoms with Crippen LogP contribution in [0.15, 0.2) is 59.6 Å². The second-order valence-corrected chi connectivity index (χ2v) is 14.8. The molecule has 3 unspecified atom stereocenters. The number of benzene rings is 1. The van der Waals surface area contributed by atoms with Gasteiger partial charge in [-0.1, -0.05) is 49.6 Å². The summed E-state index contributed by atoms with van der Waals surface area (Å²) in [6.45, 7) is 2.11. The van der Waals surface area contributed by atoms with Gasteiger partial charge in [0.2, 0.25) is 15.9 Å². The molecule has 12 heteroatoms. The SMILES string of the molecule is CC1CC(O)CN1c1ccc(S(=O)(=O)N2CC(=O)N(c3cc(-c4ccccc4)sc3C(=O)O)C(C3CCCCC3)C2)cn1. The van der Waals surface area contributed by atoms with Gasteiger partial charge in [0, 0.05) is 30.2 Å². The lowest BCUT2D eigenvalue weighted by atomic mass is 9.82. The first-order valence-electron chi connectivity index (χ1n) is 14.8. The van der Waals surface area contributed by atoms with Gasteiger partial charge in [-0.15, -0.1) is 11.3 Å². The molecule has 4 heterocycles. The highest BCUT2D eigenvalue weighted by Crippen LogP contribution is 2.42. The van der Waals surface area contributed by atoms with Crippen molar-refractivity contribution in [2.24, 2.45) is 5.92 Å². The van der Waals surface area contributed by atoms with Crippen molar-refractivity contribution in [2.75, 3.05) is 29.4 Å². The number of rotatable bonds is 7. The minimum absolute atomic E-state index is 0.000384. The lowest BCUT2D eigenvalue weighted by Gasteiger charge is -2.44. The molecule has 2 saturated heterocycles. The minimum atomic E-state index is -4.06. The Morgan fingerprint density at radius 2 is 1.79 bits per heavy atom. The first-order chi connectivity index (χ1) is 20.6. The molecule has 1 aromatic carbocycles. The van der Waals surface area contributed by atoms with Crippen LogP contribution in [0.3, 0.4) is 0 Å². The number of anilines is 2. The van der Waals surface area contributed by atoms with E-state index in [-0.39, 0.29) is 28.3 Å². The van der Waals surface area contributed by atoms with Crippen molar-refractivity contribution in [3.8, 4) is 10.4 Å². The number of thiophene rings is 1. The number of carboxylic acid groups (broad SMARTS) is 1. The average molecular weight is 625 g/mol. The third-order valence-electron chi connectivity index (χ3n) is 8.93. The summed E-state index contributed by atoms with van der Waals surface area (Å²) in [4.78, 5) is 35.1. The van der Waals surface area contributed by atoms with Crippen molar-refractivity contribution in [2.45, 2.75) is 68.5 Å². The fourth-order valence-corrected chi connectivity index (χ4v) is 9.11. The average Bonchev–Trinajstić information content (AvgIpc) is 3.60. The molecule has 3 fully saturated rings. The van der Waals surface area contributed by atoms with Gasteiger partial charge in [0.15, 0.2) is 0 Å². The fraction of sp³-hybridized carbons (Fsp3) is 0.452. The number of aliphatic hydroxyl groups excluding tert-OH is 1. The van der Waals surface area contributed by atoms with Gasteiger partial charge in [-0.05, 0) is 55.9 Å². The molecule has 6 rings (SSSR count). The molecule has 1 amide bonds. The highest BCUT2D eigenvalue weighted by Gasteiger charge is 2.44. The van der Waals surface area contributed by atoms with Gasteiger partial charge in [-0.25, -0.2) is 18.2 Å². The number of aromatic carboxylic acids is 1. The number of hydrogen-bond acceptors (Lipinski definition) is 8. The van der Waals surface area contributed by atoms with Crippen molar-refractivity contribution < 1.29 is 28.2 Å². The van der Waals surface area contributed by atoms with Crippen LogP contribution in [0.25, 0.3) is 10.4 Å². The highest BCUT2D eigenvalue weighted by molar-refractivity contribution is 7.89. The number of nitrogens with zero attached hydrogens (tertiary/aromatic N) is 4. The predicted octanol–water partition coefficient (Wildman–Crippen LogP) is 4.45. The van der Waals surface area contributed by atoms with Crippen molar-refractivity contribution in [1.82, 2.24) is 9.29 Å². The normalized spacial score (nSPS) is 24.0. The van der Waals surface area contributed by atoms with E-state index in [1.54, 1.807) is 17.0 Å². The summed E-state index contributed by atoms with van der Waals surface area (Å²) >= 11 is 1.13. The number of amides is 1. The van der Waals surface area contributed by atoms with Gasteiger partial charge >= 0.3 is 5.97 Å². The van der Waals surface area contributed by atoms with Crippen LogP contribution >= 0.6 is 11.3 Å². The molecule has 0 spiro atoms. The minimum Gasteiger partial charge on any atom is -0.477 e. The number of carbonyl (C=O) groups is 2. The van der Waals surface area contributed by atoms with Gasteiger partial charge in [0.1, 0.15) is 15.6 Å². The van der Waals surface area contributed by atoms with Crippen LogP contribution in [0.4, 0.5) is 11.5 Å². The number of piperazine rings is 1. The number of aromatic nitrogens is 1. The lowest BCUT2D eigenvalue weighted by molar-refractivity contribution is -0.121. The Hall–Kier alpha value is -3.32. The zero-order valence-corrected chi connectivity index (χ0v) is 25.6. The van der Waals surface area contributed by atoms with E-state index in [2.05, 4.69) is 4.98 Å². The second-order valence-electron chi connectivity index (χ2n) is 11.8. The van der Waals surface area contributed by atoms with Crippen LogP contribution in [-0.4, -0.2) is 77.6 Å². The van der Waals surface area contributed by atoms with Crippen molar-refractivity contribution in [3.05, 3.63) is 59.6 Å². The van der Waals surface area contributed by atoms with Crippen molar-refractivity contribution >= 4 is 44.7 Å². The molecule has 2 aliphatic heterocycles. The molecular weight excluding hydrogens is 588 g/mol. The molecule has 3 atom stereocenters. The standard InChI is InChI=1S/C31H36N4O6S2/c1-20-14-23(36)17-34(20)28-13-12-24(16-32-28)43(40,41)33-18-26(21-8-4-2-5-9-21)35(29(37)19-33)25-15-27(42-30(25)31(38)39)22-10-6-3-7-11-22/h3,6-7,10-13,15-16,20-21,23,26,36H,2,4-5,8-9,14,17-19H2,1H3,(H,38,39). The topological polar surface area (TPSA) is 131 Å². The Bertz CT molecular complexity index is 1590. The number of pyridine rings is 1. The van der Waals surface area contributed by atoms with Crippen LogP contribution in [0.2, 0.25) is 0 Å². The molecular formula is C31H36N4O6S2. The number of carbonyl (C=O) groups excluding carboxylic acids is 1. The number of β-amino-alcohol motifs (C(OH)–C–C–N with tert-alkyl or cyclic N) is 1. The van der Waals surface area contributed by atoms with Crippen LogP contribution in [0.1, 0.15) is 55.1 Å². The lowest BCUT2D eigenvalue weighted by Crippen LogP contribution is -2.60. The monoisotopic (exact) mass is 624 g/mol. The molecule has 0 bridgehead atoms. The van der Waals surface area contributed by atoms with E-state index in [1.807, 2.05) is 42.2 Å². The molecule has 0 radical (unpaired) electrons. The van der Waals surface area contributed by atoms with E-state index in [1.165, 1.54) is 16.6 Å². The van der Waals surface area contributed by atoms with E-state index in [0.717, 1.165) is 53.9 Å². The molecule has 2 aromatic heterocycles. The number of carboxylic acids is 1. The van der Waals surface area contributed by atoms with Crippen LogP contribution in [0, 0.1) is 5.92 Å². The Labute approximate surface area is 255 Å². The van der Waals surface area contributed by atoms with E-state index in [4.69, 9.17) is 0 Å². The third-order valence-corrected chi connectivity index (χ3v) is 11.9.